The predicted molar refractivity (Wildman–Crippen MR) is 106 cm³/mol. The number of rotatable bonds is 4. The predicted octanol–water partition coefficient (Wildman–Crippen LogP) is 4.57. The lowest BCUT2D eigenvalue weighted by atomic mass is 10.0. The van der Waals surface area contributed by atoms with E-state index in [0.29, 0.717) is 0 Å². The smallest absolute Gasteiger partial charge is 0.184 e. The summed E-state index contributed by atoms with van der Waals surface area (Å²) in [5.41, 5.74) is 2.91. The van der Waals surface area contributed by atoms with Gasteiger partial charge in [-0.3, -0.25) is 0 Å². The van der Waals surface area contributed by atoms with Gasteiger partial charge in [0, 0.05) is 24.3 Å². The number of nitrogens with zero attached hydrogens (tertiary/aromatic N) is 2. The molecule has 0 bridgehead atoms. The molecule has 1 aromatic heterocycles. The van der Waals surface area contributed by atoms with Crippen molar-refractivity contribution in [3.63, 3.8) is 0 Å². The molecular formula is C20H22FN3OS. The van der Waals surface area contributed by atoms with Crippen LogP contribution in [-0.2, 0) is 0 Å². The van der Waals surface area contributed by atoms with Crippen LogP contribution in [0.5, 0.6) is 0 Å². The maximum Gasteiger partial charge on any atom is 0.184 e. The van der Waals surface area contributed by atoms with Gasteiger partial charge in [-0.2, -0.15) is 0 Å². The summed E-state index contributed by atoms with van der Waals surface area (Å²) in [5, 5.41) is 14.0. The monoisotopic (exact) mass is 371 g/mol. The number of nitrogens with one attached hydrogen (secondary N) is 1. The van der Waals surface area contributed by atoms with Crippen molar-refractivity contribution in [2.75, 3.05) is 23.3 Å². The van der Waals surface area contributed by atoms with E-state index in [0.717, 1.165) is 52.5 Å². The SMILES string of the molecule is CC(Nc1nc2ccccc2s1)c1cc(F)ccc1N1CCC(O)CC1. The minimum Gasteiger partial charge on any atom is -0.393 e. The van der Waals surface area contributed by atoms with E-state index >= 15 is 0 Å². The van der Waals surface area contributed by atoms with E-state index in [-0.39, 0.29) is 18.0 Å². The topological polar surface area (TPSA) is 48.4 Å². The zero-order valence-electron chi connectivity index (χ0n) is 14.7. The minimum absolute atomic E-state index is 0.0758. The van der Waals surface area contributed by atoms with Gasteiger partial charge in [-0.05, 0) is 50.1 Å². The van der Waals surface area contributed by atoms with Gasteiger partial charge in [0.15, 0.2) is 5.13 Å². The molecule has 4 rings (SSSR count). The first-order valence-corrected chi connectivity index (χ1v) is 9.76. The zero-order valence-corrected chi connectivity index (χ0v) is 15.5. The summed E-state index contributed by atoms with van der Waals surface area (Å²) in [7, 11) is 0. The van der Waals surface area contributed by atoms with Crippen LogP contribution in [-0.4, -0.2) is 29.3 Å². The van der Waals surface area contributed by atoms with Gasteiger partial charge in [0.1, 0.15) is 5.82 Å². The van der Waals surface area contributed by atoms with Crippen LogP contribution < -0.4 is 10.2 Å². The van der Waals surface area contributed by atoms with E-state index in [1.54, 1.807) is 17.4 Å². The molecule has 0 saturated carbocycles. The quantitative estimate of drug-likeness (QED) is 0.705. The first kappa shape index (κ1) is 17.2. The molecule has 4 nitrogen and oxygen atoms in total. The first-order valence-electron chi connectivity index (χ1n) is 8.95. The zero-order chi connectivity index (χ0) is 18.1. The number of piperidine rings is 1. The van der Waals surface area contributed by atoms with E-state index in [4.69, 9.17) is 0 Å². The second-order valence-corrected chi connectivity index (χ2v) is 7.80. The number of anilines is 2. The maximum atomic E-state index is 13.9. The summed E-state index contributed by atoms with van der Waals surface area (Å²) in [6.07, 6.45) is 1.26. The number of aliphatic hydroxyl groups is 1. The fourth-order valence-corrected chi connectivity index (χ4v) is 4.42. The lowest BCUT2D eigenvalue weighted by molar-refractivity contribution is 0.145. The average Bonchev–Trinajstić information content (AvgIpc) is 3.04. The Labute approximate surface area is 156 Å². The Morgan fingerprint density at radius 2 is 2.00 bits per heavy atom. The van der Waals surface area contributed by atoms with E-state index < -0.39 is 0 Å². The van der Waals surface area contributed by atoms with Crippen molar-refractivity contribution < 1.29 is 9.50 Å². The van der Waals surface area contributed by atoms with Gasteiger partial charge in [0.25, 0.3) is 0 Å². The third-order valence-corrected chi connectivity index (χ3v) is 5.86. The Kier molecular flexibility index (Phi) is 4.78. The molecular weight excluding hydrogens is 349 g/mol. The van der Waals surface area contributed by atoms with Crippen LogP contribution in [0.3, 0.4) is 0 Å². The van der Waals surface area contributed by atoms with Gasteiger partial charge in [0.2, 0.25) is 0 Å². The summed E-state index contributed by atoms with van der Waals surface area (Å²) >= 11 is 1.60. The van der Waals surface area contributed by atoms with Crippen molar-refractivity contribution in [2.24, 2.45) is 0 Å². The normalized spacial score (nSPS) is 16.8. The molecule has 1 unspecified atom stereocenters. The highest BCUT2D eigenvalue weighted by Crippen LogP contribution is 2.33. The molecule has 3 aromatic rings. The van der Waals surface area contributed by atoms with Crippen LogP contribution in [0.2, 0.25) is 0 Å². The van der Waals surface area contributed by atoms with Crippen LogP contribution in [0.15, 0.2) is 42.5 Å². The molecule has 2 aromatic carbocycles. The highest BCUT2D eigenvalue weighted by Gasteiger charge is 2.22. The third-order valence-electron chi connectivity index (χ3n) is 4.90. The number of aliphatic hydroxyl groups excluding tert-OH is 1. The van der Waals surface area contributed by atoms with Crippen molar-refractivity contribution in [3.8, 4) is 0 Å². The molecule has 6 heteroatoms. The molecule has 2 N–H and O–H groups in total. The second-order valence-electron chi connectivity index (χ2n) is 6.77. The third kappa shape index (κ3) is 3.52. The Balaban J connectivity index is 1.60. The largest absolute Gasteiger partial charge is 0.393 e. The Hall–Kier alpha value is -2.18. The lowest BCUT2D eigenvalue weighted by Crippen LogP contribution is -2.36. The van der Waals surface area contributed by atoms with E-state index in [9.17, 15) is 9.50 Å². The number of para-hydroxylation sites is 1. The fraction of sp³-hybridized carbons (Fsp3) is 0.350. The molecule has 136 valence electrons. The summed E-state index contributed by atoms with van der Waals surface area (Å²) in [6.45, 7) is 3.60. The molecule has 1 aliphatic rings. The molecule has 1 fully saturated rings. The summed E-state index contributed by atoms with van der Waals surface area (Å²) in [6, 6.07) is 12.9. The Bertz CT molecular complexity index is 872. The lowest BCUT2D eigenvalue weighted by Gasteiger charge is -2.34. The molecule has 2 heterocycles. The molecule has 0 amide bonds. The van der Waals surface area contributed by atoms with Crippen molar-refractivity contribution >= 4 is 32.4 Å². The fourth-order valence-electron chi connectivity index (χ4n) is 3.46. The summed E-state index contributed by atoms with van der Waals surface area (Å²) in [5.74, 6) is -0.237. The number of fused-ring (bicyclic) bond motifs is 1. The van der Waals surface area contributed by atoms with E-state index in [1.165, 1.54) is 6.07 Å². The molecule has 0 aliphatic carbocycles. The molecule has 1 aliphatic heterocycles. The number of halogens is 1. The van der Waals surface area contributed by atoms with Crippen molar-refractivity contribution in [2.45, 2.75) is 31.9 Å². The average molecular weight is 371 g/mol. The van der Waals surface area contributed by atoms with Gasteiger partial charge in [-0.25, -0.2) is 9.37 Å². The molecule has 0 radical (unpaired) electrons. The highest BCUT2D eigenvalue weighted by molar-refractivity contribution is 7.22. The van der Waals surface area contributed by atoms with Gasteiger partial charge < -0.3 is 15.3 Å². The summed E-state index contributed by atoms with van der Waals surface area (Å²) in [4.78, 5) is 6.85. The number of benzene rings is 2. The van der Waals surface area contributed by atoms with Gasteiger partial charge >= 0.3 is 0 Å². The number of hydrogen-bond acceptors (Lipinski definition) is 5. The molecule has 26 heavy (non-hydrogen) atoms. The van der Waals surface area contributed by atoms with Crippen molar-refractivity contribution in [1.29, 1.82) is 0 Å². The molecule has 1 saturated heterocycles. The van der Waals surface area contributed by atoms with Crippen molar-refractivity contribution in [3.05, 3.63) is 53.8 Å². The Morgan fingerprint density at radius 1 is 1.23 bits per heavy atom. The van der Waals surface area contributed by atoms with Gasteiger partial charge in [-0.15, -0.1) is 0 Å². The number of thiazole rings is 1. The highest BCUT2D eigenvalue weighted by atomic mass is 32.1. The molecule has 1 atom stereocenters. The van der Waals surface area contributed by atoms with E-state index in [1.807, 2.05) is 31.2 Å². The van der Waals surface area contributed by atoms with Crippen LogP contribution >= 0.6 is 11.3 Å². The Morgan fingerprint density at radius 3 is 2.77 bits per heavy atom. The maximum absolute atomic E-state index is 13.9. The van der Waals surface area contributed by atoms with Crippen LogP contribution in [0.25, 0.3) is 10.2 Å². The van der Waals surface area contributed by atoms with Crippen LogP contribution in [0.1, 0.15) is 31.4 Å². The van der Waals surface area contributed by atoms with Crippen molar-refractivity contribution in [1.82, 2.24) is 4.98 Å². The van der Waals surface area contributed by atoms with Gasteiger partial charge in [0.05, 0.1) is 22.4 Å². The summed E-state index contributed by atoms with van der Waals surface area (Å²) < 4.78 is 15.1. The second kappa shape index (κ2) is 7.21. The first-order chi connectivity index (χ1) is 12.6. The molecule has 0 spiro atoms. The van der Waals surface area contributed by atoms with Crippen LogP contribution in [0.4, 0.5) is 15.2 Å². The number of hydrogen-bond donors (Lipinski definition) is 2. The minimum atomic E-state index is -0.237. The van der Waals surface area contributed by atoms with E-state index in [2.05, 4.69) is 21.3 Å². The standard InChI is InChI=1S/C20H22FN3OS/c1-13(22-20-23-17-4-2-3-5-19(17)26-20)16-12-14(21)6-7-18(16)24-10-8-15(25)9-11-24/h2-7,12-13,15,25H,8-11H2,1H3,(H,22,23). The van der Waals surface area contributed by atoms with Crippen LogP contribution in [0, 0.1) is 5.82 Å². The number of aromatic nitrogens is 1. The van der Waals surface area contributed by atoms with Gasteiger partial charge in [-0.1, -0.05) is 23.5 Å².